The van der Waals surface area contributed by atoms with Gasteiger partial charge in [-0.25, -0.2) is 8.42 Å². The van der Waals surface area contributed by atoms with Crippen LogP contribution in [0.15, 0.2) is 41.3 Å². The van der Waals surface area contributed by atoms with Crippen LogP contribution in [-0.4, -0.2) is 45.4 Å². The Morgan fingerprint density at radius 3 is 2.26 bits per heavy atom. The van der Waals surface area contributed by atoms with Crippen LogP contribution in [0.3, 0.4) is 0 Å². The molecule has 0 bridgehead atoms. The fraction of sp³-hybridized carbons (Fsp3) is 0.368. The lowest BCUT2D eigenvalue weighted by molar-refractivity contribution is -0.0867. The number of nitrogens with zero attached hydrogens (tertiary/aromatic N) is 1. The van der Waals surface area contributed by atoms with Crippen LogP contribution < -0.4 is 9.47 Å². The van der Waals surface area contributed by atoms with Crippen molar-refractivity contribution in [3.8, 4) is 11.5 Å². The van der Waals surface area contributed by atoms with Crippen LogP contribution >= 0.6 is 0 Å². The molecule has 7 nitrogen and oxygen atoms in total. The van der Waals surface area contributed by atoms with Gasteiger partial charge >= 0.3 is 0 Å². The Morgan fingerprint density at radius 1 is 1.04 bits per heavy atom. The van der Waals surface area contributed by atoms with Crippen molar-refractivity contribution in [3.63, 3.8) is 0 Å². The van der Waals surface area contributed by atoms with E-state index in [0.29, 0.717) is 22.6 Å². The quantitative estimate of drug-likeness (QED) is 0.838. The molecule has 0 amide bonds. The van der Waals surface area contributed by atoms with Crippen LogP contribution in [0.25, 0.3) is 0 Å². The summed E-state index contributed by atoms with van der Waals surface area (Å²) in [4.78, 5) is 0.132. The topological polar surface area (TPSA) is 85.3 Å². The van der Waals surface area contributed by atoms with Crippen LogP contribution in [0.4, 0.5) is 0 Å². The number of rotatable bonds is 5. The van der Waals surface area contributed by atoms with E-state index in [1.165, 1.54) is 21.3 Å². The molecule has 1 aliphatic rings. The van der Waals surface area contributed by atoms with Gasteiger partial charge in [0.05, 0.1) is 19.1 Å². The summed E-state index contributed by atoms with van der Waals surface area (Å²) in [6.07, 6.45) is -2.22. The van der Waals surface area contributed by atoms with Gasteiger partial charge in [-0.3, -0.25) is 0 Å². The summed E-state index contributed by atoms with van der Waals surface area (Å²) >= 11 is 0. The molecular weight excluding hydrogens is 370 g/mol. The highest BCUT2D eigenvalue weighted by Gasteiger charge is 2.43. The van der Waals surface area contributed by atoms with Crippen molar-refractivity contribution < 1.29 is 27.7 Å². The monoisotopic (exact) mass is 393 g/mol. The molecule has 0 aliphatic carbocycles. The Labute approximate surface area is 159 Å². The van der Waals surface area contributed by atoms with E-state index in [4.69, 9.17) is 14.2 Å². The van der Waals surface area contributed by atoms with Gasteiger partial charge in [0.2, 0.25) is 10.0 Å². The largest absolute Gasteiger partial charge is 0.493 e. The van der Waals surface area contributed by atoms with Crippen LogP contribution in [-0.2, 0) is 21.3 Å². The zero-order chi connectivity index (χ0) is 19.8. The normalized spacial score (nSPS) is 20.2. The van der Waals surface area contributed by atoms with Gasteiger partial charge in [0.1, 0.15) is 6.10 Å². The third-order valence-corrected chi connectivity index (χ3v) is 6.56. The SMILES string of the molecule is COc1ccc2c(c1OC)CN(S(=O)(=O)c1ccc(C)cc1)[C@@H](OC)[C@@H]2O. The van der Waals surface area contributed by atoms with Gasteiger partial charge in [-0.1, -0.05) is 23.8 Å². The second-order valence-corrected chi connectivity index (χ2v) is 8.19. The lowest BCUT2D eigenvalue weighted by atomic mass is 9.96. The van der Waals surface area contributed by atoms with Crippen molar-refractivity contribution >= 4 is 10.0 Å². The van der Waals surface area contributed by atoms with Gasteiger partial charge in [-0.15, -0.1) is 0 Å². The van der Waals surface area contributed by atoms with Crippen LogP contribution in [0.2, 0.25) is 0 Å². The second-order valence-electron chi connectivity index (χ2n) is 6.30. The molecule has 2 aromatic carbocycles. The van der Waals surface area contributed by atoms with E-state index >= 15 is 0 Å². The molecule has 146 valence electrons. The highest BCUT2D eigenvalue weighted by Crippen LogP contribution is 2.43. The minimum Gasteiger partial charge on any atom is -0.493 e. The molecule has 2 aromatic rings. The van der Waals surface area contributed by atoms with Crippen molar-refractivity contribution in [1.29, 1.82) is 0 Å². The molecule has 0 aromatic heterocycles. The van der Waals surface area contributed by atoms with Crippen LogP contribution in [0.5, 0.6) is 11.5 Å². The highest BCUT2D eigenvalue weighted by atomic mass is 32.2. The highest BCUT2D eigenvalue weighted by molar-refractivity contribution is 7.89. The summed E-state index contributed by atoms with van der Waals surface area (Å²) in [6, 6.07) is 9.92. The number of fused-ring (bicyclic) bond motifs is 1. The van der Waals surface area contributed by atoms with E-state index in [2.05, 4.69) is 0 Å². The number of hydrogen-bond donors (Lipinski definition) is 1. The summed E-state index contributed by atoms with van der Waals surface area (Å²) in [5.74, 6) is 0.861. The molecule has 8 heteroatoms. The number of sulfonamides is 1. The van der Waals surface area contributed by atoms with E-state index < -0.39 is 22.4 Å². The van der Waals surface area contributed by atoms with E-state index in [-0.39, 0.29) is 11.4 Å². The lowest BCUT2D eigenvalue weighted by Crippen LogP contribution is -2.47. The molecule has 0 saturated heterocycles. The third kappa shape index (κ3) is 3.29. The maximum absolute atomic E-state index is 13.2. The average molecular weight is 393 g/mol. The zero-order valence-electron chi connectivity index (χ0n) is 15.7. The number of methoxy groups -OCH3 is 3. The molecule has 1 heterocycles. The number of ether oxygens (including phenoxy) is 3. The molecule has 0 unspecified atom stereocenters. The number of aliphatic hydroxyl groups excluding tert-OH is 1. The molecule has 2 atom stereocenters. The first-order valence-electron chi connectivity index (χ1n) is 8.38. The Bertz CT molecular complexity index is 926. The molecule has 1 N–H and O–H groups in total. The number of hydrogen-bond acceptors (Lipinski definition) is 6. The van der Waals surface area contributed by atoms with E-state index in [0.717, 1.165) is 9.87 Å². The van der Waals surface area contributed by atoms with E-state index in [1.807, 2.05) is 6.92 Å². The Morgan fingerprint density at radius 2 is 1.70 bits per heavy atom. The summed E-state index contributed by atoms with van der Waals surface area (Å²) < 4.78 is 43.7. The second kappa shape index (κ2) is 7.47. The van der Waals surface area contributed by atoms with Gasteiger partial charge in [-0.05, 0) is 30.7 Å². The van der Waals surface area contributed by atoms with Crippen molar-refractivity contribution in [2.75, 3.05) is 21.3 Å². The summed E-state index contributed by atoms with van der Waals surface area (Å²) in [6.45, 7) is 1.87. The fourth-order valence-corrected chi connectivity index (χ4v) is 4.84. The minimum absolute atomic E-state index is 0.0124. The summed E-state index contributed by atoms with van der Waals surface area (Å²) in [7, 11) is 0.444. The minimum atomic E-state index is -3.91. The molecule has 27 heavy (non-hydrogen) atoms. The van der Waals surface area contributed by atoms with Gasteiger partial charge in [0, 0.05) is 19.2 Å². The predicted octanol–water partition coefficient (Wildman–Crippen LogP) is 2.22. The molecule has 0 spiro atoms. The van der Waals surface area contributed by atoms with Gasteiger partial charge < -0.3 is 19.3 Å². The van der Waals surface area contributed by atoms with Crippen LogP contribution in [0, 0.1) is 6.92 Å². The molecule has 0 radical (unpaired) electrons. The number of benzene rings is 2. The summed E-state index contributed by atoms with van der Waals surface area (Å²) in [5.41, 5.74) is 2.05. The van der Waals surface area contributed by atoms with Crippen molar-refractivity contribution in [2.45, 2.75) is 30.7 Å². The zero-order valence-corrected chi connectivity index (χ0v) is 16.5. The van der Waals surface area contributed by atoms with Crippen molar-refractivity contribution in [3.05, 3.63) is 53.1 Å². The van der Waals surface area contributed by atoms with E-state index in [1.54, 1.807) is 36.4 Å². The maximum Gasteiger partial charge on any atom is 0.245 e. The third-order valence-electron chi connectivity index (χ3n) is 4.74. The lowest BCUT2D eigenvalue weighted by Gasteiger charge is -2.38. The molecule has 3 rings (SSSR count). The smallest absolute Gasteiger partial charge is 0.245 e. The standard InChI is InChI=1S/C19H23NO6S/c1-12-5-7-13(8-6-12)27(22,23)20-11-15-14(17(21)19(20)26-4)9-10-16(24-2)18(15)25-3/h5-10,17,19,21H,11H2,1-4H3/t17-,19+/m1/s1. The molecule has 1 aliphatic heterocycles. The maximum atomic E-state index is 13.2. The molecular formula is C19H23NO6S. The Kier molecular flexibility index (Phi) is 5.43. The molecule has 0 saturated carbocycles. The first-order chi connectivity index (χ1) is 12.8. The fourth-order valence-electron chi connectivity index (χ4n) is 3.32. The van der Waals surface area contributed by atoms with Gasteiger partial charge in [-0.2, -0.15) is 4.31 Å². The van der Waals surface area contributed by atoms with Gasteiger partial charge in [0.15, 0.2) is 17.7 Å². The summed E-state index contributed by atoms with van der Waals surface area (Å²) in [5, 5.41) is 10.8. The van der Waals surface area contributed by atoms with Crippen LogP contribution in [0.1, 0.15) is 22.8 Å². The average Bonchev–Trinajstić information content (AvgIpc) is 2.67. The Balaban J connectivity index is 2.14. The van der Waals surface area contributed by atoms with Crippen molar-refractivity contribution in [2.24, 2.45) is 0 Å². The number of aryl methyl sites for hydroxylation is 1. The van der Waals surface area contributed by atoms with Crippen molar-refractivity contribution in [1.82, 2.24) is 4.31 Å². The number of aliphatic hydroxyl groups is 1. The Hall–Kier alpha value is -2.13. The molecule has 0 fully saturated rings. The van der Waals surface area contributed by atoms with Gasteiger partial charge in [0.25, 0.3) is 0 Å². The first kappa shape index (κ1) is 19.6. The van der Waals surface area contributed by atoms with E-state index in [9.17, 15) is 13.5 Å². The predicted molar refractivity (Wildman–Crippen MR) is 99.2 cm³/mol. The first-order valence-corrected chi connectivity index (χ1v) is 9.82.